The summed E-state index contributed by atoms with van der Waals surface area (Å²) in [7, 11) is 0.729. The Morgan fingerprint density at radius 1 is 1.16 bits per heavy atom. The van der Waals surface area contributed by atoms with E-state index in [-0.39, 0.29) is 29.0 Å². The van der Waals surface area contributed by atoms with Crippen LogP contribution < -0.4 is 20.7 Å². The number of nitrogens with zero attached hydrogens (tertiary/aromatic N) is 4. The molecule has 0 spiro atoms. The van der Waals surface area contributed by atoms with E-state index in [4.69, 9.17) is 9.47 Å². The molecule has 1 aliphatic carbocycles. The van der Waals surface area contributed by atoms with Crippen molar-refractivity contribution >= 4 is 33.4 Å². The average Bonchev–Trinajstić information content (AvgIpc) is 3.43. The standard InChI is InChI=1S/C28H39F4N7O5S/c1-38(45(4,41)42)23-7-5-6-21(23)35-25-19(28(30,31)32)16-33-27(37-25)36-22-15-20(29)18(14-24(22)44-3)26(40)34-17-8-10-39(11-9-17)12-13-43-2/h14-17,21,23H,5-13H2,1-4H3,(H,34,40)(H2,33,35,36,37)/t21-,23-/m1/s1. The predicted molar refractivity (Wildman–Crippen MR) is 160 cm³/mol. The molecule has 250 valence electrons. The number of carbonyl (C=O) groups is 1. The lowest BCUT2D eigenvalue weighted by Gasteiger charge is -2.32. The zero-order valence-electron chi connectivity index (χ0n) is 25.6. The minimum atomic E-state index is -4.81. The number of nitrogens with one attached hydrogen (secondary N) is 3. The number of sulfonamides is 1. The molecule has 12 nitrogen and oxygen atoms in total. The van der Waals surface area contributed by atoms with Gasteiger partial charge in [-0.1, -0.05) is 0 Å². The first kappa shape index (κ1) is 34.6. The number of methoxy groups -OCH3 is 2. The maximum atomic E-state index is 15.2. The molecule has 2 fully saturated rings. The van der Waals surface area contributed by atoms with Crippen LogP contribution in [0.4, 0.5) is 35.0 Å². The van der Waals surface area contributed by atoms with Gasteiger partial charge in [0.2, 0.25) is 16.0 Å². The third kappa shape index (κ3) is 8.71. The minimum absolute atomic E-state index is 0.0146. The van der Waals surface area contributed by atoms with Crippen molar-refractivity contribution < 1.29 is 40.2 Å². The van der Waals surface area contributed by atoms with Crippen molar-refractivity contribution in [1.82, 2.24) is 24.5 Å². The minimum Gasteiger partial charge on any atom is -0.495 e. The highest BCUT2D eigenvalue weighted by atomic mass is 32.2. The summed E-state index contributed by atoms with van der Waals surface area (Å²) < 4.78 is 92.7. The number of rotatable bonds is 12. The van der Waals surface area contributed by atoms with Crippen LogP contribution in [-0.2, 0) is 20.9 Å². The predicted octanol–water partition coefficient (Wildman–Crippen LogP) is 3.45. The summed E-state index contributed by atoms with van der Waals surface area (Å²) in [6.07, 6.45) is -0.310. The molecule has 17 heteroatoms. The molecule has 1 amide bonds. The van der Waals surface area contributed by atoms with Crippen LogP contribution in [0, 0.1) is 5.82 Å². The first-order valence-corrected chi connectivity index (χ1v) is 16.4. The van der Waals surface area contributed by atoms with Gasteiger partial charge in [0.15, 0.2) is 0 Å². The topological polar surface area (TPSA) is 138 Å². The third-order valence-electron chi connectivity index (χ3n) is 8.20. The Hall–Kier alpha value is -3.28. The van der Waals surface area contributed by atoms with Gasteiger partial charge in [-0.15, -0.1) is 0 Å². The number of hydrogen-bond donors (Lipinski definition) is 3. The van der Waals surface area contributed by atoms with Crippen LogP contribution in [0.25, 0.3) is 0 Å². The summed E-state index contributed by atoms with van der Waals surface area (Å²) in [6.45, 7) is 2.94. The van der Waals surface area contributed by atoms with Gasteiger partial charge in [-0.25, -0.2) is 22.1 Å². The van der Waals surface area contributed by atoms with Crippen LogP contribution in [0.15, 0.2) is 18.3 Å². The highest BCUT2D eigenvalue weighted by Crippen LogP contribution is 2.37. The molecule has 0 bridgehead atoms. The fourth-order valence-corrected chi connectivity index (χ4v) is 6.37. The smallest absolute Gasteiger partial charge is 0.421 e. The number of hydrogen-bond acceptors (Lipinski definition) is 10. The molecule has 0 unspecified atom stereocenters. The summed E-state index contributed by atoms with van der Waals surface area (Å²) in [6, 6.07) is 0.833. The Morgan fingerprint density at radius 2 is 1.87 bits per heavy atom. The summed E-state index contributed by atoms with van der Waals surface area (Å²) in [5.41, 5.74) is -1.41. The van der Waals surface area contributed by atoms with Gasteiger partial charge in [0.25, 0.3) is 5.91 Å². The lowest BCUT2D eigenvalue weighted by Crippen LogP contribution is -2.45. The summed E-state index contributed by atoms with van der Waals surface area (Å²) in [5, 5.41) is 8.33. The van der Waals surface area contributed by atoms with Crippen LogP contribution >= 0.6 is 0 Å². The molecule has 1 aliphatic heterocycles. The number of piperidine rings is 1. The average molecular weight is 662 g/mol. The number of anilines is 3. The summed E-state index contributed by atoms with van der Waals surface area (Å²) >= 11 is 0. The van der Waals surface area contributed by atoms with E-state index >= 15 is 4.39 Å². The number of ether oxygens (including phenoxy) is 2. The number of aromatic nitrogens is 2. The number of likely N-dealkylation sites (N-methyl/N-ethyl adjacent to an activating group) is 1. The monoisotopic (exact) mass is 661 g/mol. The normalized spacial score (nSPS) is 19.9. The van der Waals surface area contributed by atoms with Gasteiger partial charge in [-0.3, -0.25) is 4.79 Å². The lowest BCUT2D eigenvalue weighted by atomic mass is 10.0. The fraction of sp³-hybridized carbons (Fsp3) is 0.607. The molecular formula is C28H39F4N7O5S. The van der Waals surface area contributed by atoms with Crippen molar-refractivity contribution in [1.29, 1.82) is 0 Å². The molecule has 2 aromatic rings. The maximum absolute atomic E-state index is 15.2. The van der Waals surface area contributed by atoms with Crippen LogP contribution in [0.5, 0.6) is 5.75 Å². The molecule has 1 aromatic heterocycles. The maximum Gasteiger partial charge on any atom is 0.421 e. The zero-order valence-corrected chi connectivity index (χ0v) is 26.4. The molecule has 2 aliphatic rings. The van der Waals surface area contributed by atoms with Gasteiger partial charge in [-0.05, 0) is 38.2 Å². The van der Waals surface area contributed by atoms with Crippen molar-refractivity contribution in [3.05, 3.63) is 35.3 Å². The van der Waals surface area contributed by atoms with Gasteiger partial charge in [0.05, 0.1) is 31.2 Å². The highest BCUT2D eigenvalue weighted by Gasteiger charge is 2.39. The van der Waals surface area contributed by atoms with E-state index in [1.165, 1.54) is 20.2 Å². The number of benzene rings is 1. The Balaban J connectivity index is 1.52. The molecular weight excluding hydrogens is 622 g/mol. The molecule has 1 aromatic carbocycles. The molecule has 45 heavy (non-hydrogen) atoms. The molecule has 1 saturated carbocycles. The molecule has 0 radical (unpaired) electrons. The Bertz CT molecular complexity index is 1460. The zero-order chi connectivity index (χ0) is 32.9. The van der Waals surface area contributed by atoms with Crippen molar-refractivity contribution in [2.45, 2.75) is 56.4 Å². The second-order valence-corrected chi connectivity index (χ2v) is 13.3. The van der Waals surface area contributed by atoms with E-state index in [1.807, 2.05) is 0 Å². The van der Waals surface area contributed by atoms with E-state index in [1.54, 1.807) is 7.11 Å². The number of halogens is 4. The molecule has 3 N–H and O–H groups in total. The quantitative estimate of drug-likeness (QED) is 0.290. The number of likely N-dealkylation sites (tertiary alicyclic amines) is 1. The number of carbonyl (C=O) groups excluding carboxylic acids is 1. The first-order valence-electron chi connectivity index (χ1n) is 14.5. The van der Waals surface area contributed by atoms with E-state index in [2.05, 4.69) is 30.8 Å². The van der Waals surface area contributed by atoms with Crippen LogP contribution in [-0.4, -0.2) is 105 Å². The van der Waals surface area contributed by atoms with Crippen molar-refractivity contribution in [2.75, 3.05) is 64.4 Å². The number of amides is 1. The first-order chi connectivity index (χ1) is 21.2. The number of alkyl halides is 3. The summed E-state index contributed by atoms with van der Waals surface area (Å²) in [5.74, 6) is -2.31. The summed E-state index contributed by atoms with van der Waals surface area (Å²) in [4.78, 5) is 23.0. The van der Waals surface area contributed by atoms with Crippen molar-refractivity contribution in [2.24, 2.45) is 0 Å². The van der Waals surface area contributed by atoms with Gasteiger partial charge < -0.3 is 30.3 Å². The lowest BCUT2D eigenvalue weighted by molar-refractivity contribution is -0.137. The van der Waals surface area contributed by atoms with Crippen LogP contribution in [0.2, 0.25) is 0 Å². The molecule has 1 saturated heterocycles. The second kappa shape index (κ2) is 14.4. The molecule has 2 heterocycles. The van der Waals surface area contributed by atoms with E-state index < -0.39 is 51.4 Å². The van der Waals surface area contributed by atoms with Gasteiger partial charge in [0, 0.05) is 64.2 Å². The Labute approximate surface area is 259 Å². The van der Waals surface area contributed by atoms with E-state index in [0.717, 1.165) is 36.3 Å². The van der Waals surface area contributed by atoms with Crippen LogP contribution in [0.3, 0.4) is 0 Å². The largest absolute Gasteiger partial charge is 0.495 e. The SMILES string of the molecule is COCCN1CCC(NC(=O)c2cc(OC)c(Nc3ncc(C(F)(F)F)c(N[C@@H]4CCC[C@H]4N(C)S(C)(=O)=O)n3)cc2F)CC1. The van der Waals surface area contributed by atoms with E-state index in [9.17, 15) is 26.4 Å². The van der Waals surface area contributed by atoms with Gasteiger partial charge in [0.1, 0.15) is 22.9 Å². The van der Waals surface area contributed by atoms with Gasteiger partial charge in [-0.2, -0.15) is 18.2 Å². The Morgan fingerprint density at radius 3 is 2.49 bits per heavy atom. The second-order valence-electron chi connectivity index (χ2n) is 11.2. The molecule has 4 rings (SSSR count). The Kier molecular flexibility index (Phi) is 11.1. The molecule has 2 atom stereocenters. The fourth-order valence-electron chi connectivity index (χ4n) is 5.62. The van der Waals surface area contributed by atoms with E-state index in [0.29, 0.717) is 44.9 Å². The van der Waals surface area contributed by atoms with Crippen LogP contribution in [0.1, 0.15) is 48.0 Å². The van der Waals surface area contributed by atoms with Gasteiger partial charge >= 0.3 is 6.18 Å². The van der Waals surface area contributed by atoms with Crippen molar-refractivity contribution in [3.8, 4) is 5.75 Å². The van der Waals surface area contributed by atoms with Crippen molar-refractivity contribution in [3.63, 3.8) is 0 Å². The third-order valence-corrected chi connectivity index (χ3v) is 9.52. The highest BCUT2D eigenvalue weighted by molar-refractivity contribution is 7.88.